The molecular weight excluding hydrogens is 138 g/mol. The van der Waals surface area contributed by atoms with Crippen LogP contribution in [0.15, 0.2) is 0 Å². The van der Waals surface area contributed by atoms with E-state index in [1.165, 1.54) is 0 Å². The zero-order chi connectivity index (χ0) is 8.85. The Morgan fingerprint density at radius 2 is 1.91 bits per heavy atom. The second-order valence-electron chi connectivity index (χ2n) is 3.04. The lowest BCUT2D eigenvalue weighted by Crippen LogP contribution is -2.42. The first-order valence-corrected chi connectivity index (χ1v) is 4.05. The van der Waals surface area contributed by atoms with Crippen LogP contribution in [0, 0.1) is 0 Å². The highest BCUT2D eigenvalue weighted by Crippen LogP contribution is 1.78. The SMILES string of the molecule is CCCNC(N(C)C)=[N+](C)C. The van der Waals surface area contributed by atoms with Crippen molar-refractivity contribution < 1.29 is 4.58 Å². The first-order chi connectivity index (χ1) is 5.09. The Balaban J connectivity index is 4.03. The molecule has 11 heavy (non-hydrogen) atoms. The van der Waals surface area contributed by atoms with Gasteiger partial charge in [0.05, 0.1) is 34.7 Å². The second kappa shape index (κ2) is 4.99. The van der Waals surface area contributed by atoms with E-state index in [1.54, 1.807) is 0 Å². The average molecular weight is 158 g/mol. The van der Waals surface area contributed by atoms with E-state index >= 15 is 0 Å². The van der Waals surface area contributed by atoms with Gasteiger partial charge >= 0.3 is 5.96 Å². The summed E-state index contributed by atoms with van der Waals surface area (Å²) in [6.45, 7) is 3.20. The van der Waals surface area contributed by atoms with Gasteiger partial charge in [-0.25, -0.2) is 0 Å². The summed E-state index contributed by atoms with van der Waals surface area (Å²) in [5.41, 5.74) is 0. The maximum absolute atomic E-state index is 3.34. The van der Waals surface area contributed by atoms with Crippen LogP contribution in [0.2, 0.25) is 0 Å². The molecule has 0 aromatic carbocycles. The van der Waals surface area contributed by atoms with Gasteiger partial charge in [-0.1, -0.05) is 6.92 Å². The van der Waals surface area contributed by atoms with Crippen LogP contribution in [0.4, 0.5) is 0 Å². The van der Waals surface area contributed by atoms with Crippen molar-refractivity contribution in [3.05, 3.63) is 0 Å². The molecule has 0 saturated carbocycles. The van der Waals surface area contributed by atoms with Crippen molar-refractivity contribution >= 4 is 5.96 Å². The fourth-order valence-electron chi connectivity index (χ4n) is 0.953. The lowest BCUT2D eigenvalue weighted by Gasteiger charge is -2.11. The summed E-state index contributed by atoms with van der Waals surface area (Å²) < 4.78 is 2.08. The van der Waals surface area contributed by atoms with Crippen molar-refractivity contribution in [3.8, 4) is 0 Å². The van der Waals surface area contributed by atoms with Crippen LogP contribution in [0.1, 0.15) is 13.3 Å². The molecule has 0 bridgehead atoms. The molecule has 0 amide bonds. The molecule has 0 saturated heterocycles. The van der Waals surface area contributed by atoms with Gasteiger partial charge in [-0.15, -0.1) is 0 Å². The minimum Gasteiger partial charge on any atom is -0.278 e. The summed E-state index contributed by atoms with van der Waals surface area (Å²) in [6.07, 6.45) is 1.16. The van der Waals surface area contributed by atoms with E-state index in [1.807, 2.05) is 28.2 Å². The van der Waals surface area contributed by atoms with E-state index in [0.29, 0.717) is 0 Å². The van der Waals surface area contributed by atoms with E-state index in [2.05, 4.69) is 21.7 Å². The number of nitrogens with zero attached hydrogens (tertiary/aromatic N) is 2. The molecule has 0 unspecified atom stereocenters. The van der Waals surface area contributed by atoms with Crippen LogP contribution in [-0.2, 0) is 0 Å². The molecule has 0 aromatic heterocycles. The van der Waals surface area contributed by atoms with Crippen LogP contribution in [0.5, 0.6) is 0 Å². The standard InChI is InChI=1S/C8H19N3/c1-6-7-9-8(10(2)3)11(4)5/h6-7H2,1-5H3/p+1. The number of hydrogen-bond acceptors (Lipinski definition) is 0. The molecule has 0 aliphatic carbocycles. The average Bonchev–Trinajstić information content (AvgIpc) is 1.87. The predicted molar refractivity (Wildman–Crippen MR) is 49.1 cm³/mol. The van der Waals surface area contributed by atoms with Crippen molar-refractivity contribution in [3.63, 3.8) is 0 Å². The van der Waals surface area contributed by atoms with Crippen LogP contribution < -0.4 is 5.32 Å². The molecule has 0 spiro atoms. The maximum atomic E-state index is 3.34. The van der Waals surface area contributed by atoms with Gasteiger partial charge in [0.2, 0.25) is 0 Å². The number of guanidine groups is 1. The molecule has 0 aliphatic heterocycles. The fourth-order valence-corrected chi connectivity index (χ4v) is 0.953. The first-order valence-electron chi connectivity index (χ1n) is 4.05. The third-order valence-electron chi connectivity index (χ3n) is 1.38. The summed E-state index contributed by atoms with van der Waals surface area (Å²) in [5.74, 6) is 1.16. The zero-order valence-electron chi connectivity index (χ0n) is 8.31. The number of nitrogens with one attached hydrogen (secondary N) is 1. The highest BCUT2D eigenvalue weighted by Gasteiger charge is 2.08. The van der Waals surface area contributed by atoms with E-state index in [0.717, 1.165) is 18.9 Å². The molecule has 3 heteroatoms. The molecule has 0 atom stereocenters. The molecule has 1 N–H and O–H groups in total. The van der Waals surface area contributed by atoms with Gasteiger partial charge < -0.3 is 0 Å². The van der Waals surface area contributed by atoms with Gasteiger partial charge in [0.15, 0.2) is 0 Å². The fraction of sp³-hybridized carbons (Fsp3) is 0.875. The van der Waals surface area contributed by atoms with Gasteiger partial charge in [0.25, 0.3) is 0 Å². The normalized spacial score (nSPS) is 9.18. The molecule has 0 fully saturated rings. The Morgan fingerprint density at radius 1 is 1.36 bits per heavy atom. The summed E-state index contributed by atoms with van der Waals surface area (Å²) >= 11 is 0. The minimum absolute atomic E-state index is 1.03. The van der Waals surface area contributed by atoms with Crippen molar-refractivity contribution in [2.24, 2.45) is 0 Å². The van der Waals surface area contributed by atoms with Crippen LogP contribution in [-0.4, -0.2) is 50.2 Å². The summed E-state index contributed by atoms with van der Waals surface area (Å²) in [6, 6.07) is 0. The van der Waals surface area contributed by atoms with Crippen molar-refractivity contribution in [1.29, 1.82) is 0 Å². The predicted octanol–water partition coefficient (Wildman–Crippen LogP) is 0.176. The first kappa shape index (κ1) is 10.3. The topological polar surface area (TPSA) is 18.3 Å². The van der Waals surface area contributed by atoms with Gasteiger partial charge in [0.1, 0.15) is 0 Å². The lowest BCUT2D eigenvalue weighted by atomic mass is 10.5. The Kier molecular flexibility index (Phi) is 4.66. The molecule has 66 valence electrons. The second-order valence-corrected chi connectivity index (χ2v) is 3.04. The monoisotopic (exact) mass is 158 g/mol. The Hall–Kier alpha value is -0.730. The van der Waals surface area contributed by atoms with Crippen molar-refractivity contribution in [2.75, 3.05) is 34.7 Å². The van der Waals surface area contributed by atoms with E-state index in [-0.39, 0.29) is 0 Å². The summed E-state index contributed by atoms with van der Waals surface area (Å²) in [5, 5.41) is 3.34. The smallest absolute Gasteiger partial charge is 0.278 e. The van der Waals surface area contributed by atoms with Crippen LogP contribution in [0.3, 0.4) is 0 Å². The maximum Gasteiger partial charge on any atom is 0.347 e. The Bertz CT molecular complexity index is 134. The van der Waals surface area contributed by atoms with Gasteiger partial charge in [0, 0.05) is 0 Å². The van der Waals surface area contributed by atoms with E-state index in [4.69, 9.17) is 0 Å². The van der Waals surface area contributed by atoms with Crippen LogP contribution >= 0.6 is 0 Å². The zero-order valence-corrected chi connectivity index (χ0v) is 8.31. The quantitative estimate of drug-likeness (QED) is 0.351. The Morgan fingerprint density at radius 3 is 2.18 bits per heavy atom. The van der Waals surface area contributed by atoms with Crippen LogP contribution in [0.25, 0.3) is 0 Å². The molecule has 3 nitrogen and oxygen atoms in total. The third kappa shape index (κ3) is 3.86. The van der Waals surface area contributed by atoms with E-state index < -0.39 is 0 Å². The third-order valence-corrected chi connectivity index (χ3v) is 1.38. The lowest BCUT2D eigenvalue weighted by molar-refractivity contribution is -0.472. The van der Waals surface area contributed by atoms with Gasteiger partial charge in [-0.3, -0.25) is 14.8 Å². The highest BCUT2D eigenvalue weighted by atomic mass is 15.3. The largest absolute Gasteiger partial charge is 0.347 e. The molecule has 0 rings (SSSR count). The summed E-state index contributed by atoms with van der Waals surface area (Å²) in [4.78, 5) is 2.08. The van der Waals surface area contributed by atoms with Gasteiger partial charge in [-0.05, 0) is 6.42 Å². The molecule has 0 aromatic rings. The van der Waals surface area contributed by atoms with Gasteiger partial charge in [-0.2, -0.15) is 0 Å². The highest BCUT2D eigenvalue weighted by molar-refractivity contribution is 5.74. The molecule has 0 radical (unpaired) electrons. The molecule has 0 aliphatic rings. The number of rotatable bonds is 2. The van der Waals surface area contributed by atoms with Crippen molar-refractivity contribution in [2.45, 2.75) is 13.3 Å². The number of hydrogen-bond donors (Lipinski definition) is 1. The summed E-state index contributed by atoms with van der Waals surface area (Å²) in [7, 11) is 8.16. The minimum atomic E-state index is 1.03. The van der Waals surface area contributed by atoms with E-state index in [9.17, 15) is 0 Å². The Labute approximate surface area is 69.7 Å². The molecule has 0 heterocycles. The van der Waals surface area contributed by atoms with Crippen molar-refractivity contribution in [1.82, 2.24) is 10.2 Å². The molecular formula is C8H20N3+.